The average Bonchev–Trinajstić information content (AvgIpc) is 2.32. The number of halogens is 2. The van der Waals surface area contributed by atoms with Crippen LogP contribution >= 0.6 is 23.4 Å². The van der Waals surface area contributed by atoms with Crippen molar-refractivity contribution in [2.75, 3.05) is 23.4 Å². The number of carbonyl (C=O) groups is 1. The van der Waals surface area contributed by atoms with Gasteiger partial charge in [-0.3, -0.25) is 4.79 Å². The van der Waals surface area contributed by atoms with E-state index in [0.717, 1.165) is 6.07 Å². The van der Waals surface area contributed by atoms with Crippen molar-refractivity contribution in [3.8, 4) is 0 Å². The van der Waals surface area contributed by atoms with E-state index in [4.69, 9.17) is 21.8 Å². The third-order valence-electron chi connectivity index (χ3n) is 1.96. The number of aliphatic hydroxyl groups excluding tert-OH is 2. The fraction of sp³-hybridized carbons (Fsp3) is 0.364. The second-order valence-corrected chi connectivity index (χ2v) is 4.96. The van der Waals surface area contributed by atoms with Crippen LogP contribution in [-0.2, 0) is 4.79 Å². The van der Waals surface area contributed by atoms with Crippen LogP contribution in [-0.4, -0.2) is 40.3 Å². The van der Waals surface area contributed by atoms with Crippen molar-refractivity contribution in [3.63, 3.8) is 0 Å². The molecule has 0 aliphatic rings. The minimum atomic E-state index is -0.836. The van der Waals surface area contributed by atoms with Crippen LogP contribution in [0.2, 0.25) is 5.02 Å². The first-order valence-corrected chi connectivity index (χ1v) is 6.67. The molecule has 0 heterocycles. The Morgan fingerprint density at radius 2 is 2.28 bits per heavy atom. The predicted molar refractivity (Wildman–Crippen MR) is 70.5 cm³/mol. The highest BCUT2D eigenvalue weighted by Gasteiger charge is 2.08. The molecular weight excluding hydrogens is 281 g/mol. The summed E-state index contributed by atoms with van der Waals surface area (Å²) >= 11 is 6.93. The van der Waals surface area contributed by atoms with E-state index in [9.17, 15) is 9.18 Å². The van der Waals surface area contributed by atoms with Gasteiger partial charge in [0.25, 0.3) is 0 Å². The summed E-state index contributed by atoms with van der Waals surface area (Å²) in [6.07, 6.45) is -0.836. The number of hydrogen-bond acceptors (Lipinski definition) is 4. The number of carbonyl (C=O) groups excluding carboxylic acids is 1. The fourth-order valence-corrected chi connectivity index (χ4v) is 2.08. The van der Waals surface area contributed by atoms with Gasteiger partial charge in [-0.1, -0.05) is 11.6 Å². The van der Waals surface area contributed by atoms with E-state index >= 15 is 0 Å². The number of thioether (sulfide) groups is 1. The van der Waals surface area contributed by atoms with Crippen LogP contribution in [0, 0.1) is 5.82 Å². The molecule has 0 aliphatic carbocycles. The molecule has 1 aromatic carbocycles. The van der Waals surface area contributed by atoms with Crippen molar-refractivity contribution in [3.05, 3.63) is 29.0 Å². The molecular formula is C11H13ClFNO3S. The van der Waals surface area contributed by atoms with Gasteiger partial charge in [0.2, 0.25) is 5.91 Å². The lowest BCUT2D eigenvalue weighted by atomic mass is 10.3. The first-order chi connectivity index (χ1) is 8.52. The molecule has 0 aliphatic heterocycles. The quantitative estimate of drug-likeness (QED) is 0.743. The molecule has 0 saturated heterocycles. The minimum absolute atomic E-state index is 0.116. The highest BCUT2D eigenvalue weighted by atomic mass is 35.5. The number of rotatable bonds is 6. The maximum atomic E-state index is 12.8. The number of amides is 1. The zero-order chi connectivity index (χ0) is 13.5. The van der Waals surface area contributed by atoms with E-state index in [-0.39, 0.29) is 29.0 Å². The summed E-state index contributed by atoms with van der Waals surface area (Å²) in [7, 11) is 0. The molecule has 1 unspecified atom stereocenters. The Hall–Kier alpha value is -0.820. The van der Waals surface area contributed by atoms with Crippen molar-refractivity contribution in [2.24, 2.45) is 0 Å². The van der Waals surface area contributed by atoms with E-state index in [0.29, 0.717) is 5.69 Å². The molecule has 0 aromatic heterocycles. The van der Waals surface area contributed by atoms with Crippen LogP contribution < -0.4 is 5.32 Å². The van der Waals surface area contributed by atoms with Gasteiger partial charge in [0.15, 0.2) is 0 Å². The van der Waals surface area contributed by atoms with Crippen molar-refractivity contribution in [1.82, 2.24) is 0 Å². The van der Waals surface area contributed by atoms with Crippen molar-refractivity contribution in [1.29, 1.82) is 0 Å². The maximum absolute atomic E-state index is 12.8. The number of anilines is 1. The molecule has 1 aromatic rings. The van der Waals surface area contributed by atoms with Crippen LogP contribution in [0.4, 0.5) is 10.1 Å². The van der Waals surface area contributed by atoms with Gasteiger partial charge in [-0.05, 0) is 18.2 Å². The summed E-state index contributed by atoms with van der Waals surface area (Å²) in [5.41, 5.74) is 0.339. The molecule has 1 amide bonds. The lowest BCUT2D eigenvalue weighted by molar-refractivity contribution is -0.113. The smallest absolute Gasteiger partial charge is 0.234 e. The van der Waals surface area contributed by atoms with Crippen molar-refractivity contribution >= 4 is 35.0 Å². The first kappa shape index (κ1) is 15.2. The number of benzene rings is 1. The highest BCUT2D eigenvalue weighted by Crippen LogP contribution is 2.22. The molecule has 18 heavy (non-hydrogen) atoms. The van der Waals surface area contributed by atoms with E-state index in [2.05, 4.69) is 5.32 Å². The zero-order valence-corrected chi connectivity index (χ0v) is 11.0. The summed E-state index contributed by atoms with van der Waals surface area (Å²) in [4.78, 5) is 11.5. The normalized spacial score (nSPS) is 12.2. The molecule has 3 N–H and O–H groups in total. The fourth-order valence-electron chi connectivity index (χ4n) is 1.12. The van der Waals surface area contributed by atoms with Crippen LogP contribution in [0.3, 0.4) is 0 Å². The first-order valence-electron chi connectivity index (χ1n) is 5.14. The summed E-state index contributed by atoms with van der Waals surface area (Å²) in [5.74, 6) is -0.400. The lowest BCUT2D eigenvalue weighted by Gasteiger charge is -2.08. The topological polar surface area (TPSA) is 69.6 Å². The summed E-state index contributed by atoms with van der Waals surface area (Å²) < 4.78 is 12.8. The molecule has 7 heteroatoms. The zero-order valence-electron chi connectivity index (χ0n) is 9.40. The Balaban J connectivity index is 2.40. The number of nitrogens with one attached hydrogen (secondary N) is 1. The Morgan fingerprint density at radius 3 is 2.89 bits per heavy atom. The minimum Gasteiger partial charge on any atom is -0.394 e. The Labute approximate surface area is 113 Å². The largest absolute Gasteiger partial charge is 0.394 e. The molecule has 0 bridgehead atoms. The van der Waals surface area contributed by atoms with Crippen LogP contribution in [0.1, 0.15) is 0 Å². The monoisotopic (exact) mass is 293 g/mol. The maximum Gasteiger partial charge on any atom is 0.234 e. The predicted octanol–water partition coefficient (Wildman–Crippen LogP) is 1.50. The standard InChI is InChI=1S/C11H13ClFNO3S/c12-9-3-7(13)1-2-10(9)14-11(17)6-18-5-8(16)4-15/h1-3,8,15-16H,4-6H2,(H,14,17). The van der Waals surface area contributed by atoms with E-state index < -0.39 is 11.9 Å². The number of hydrogen-bond donors (Lipinski definition) is 3. The lowest BCUT2D eigenvalue weighted by Crippen LogP contribution is -2.19. The molecule has 0 spiro atoms. The molecule has 100 valence electrons. The van der Waals surface area contributed by atoms with Crippen molar-refractivity contribution in [2.45, 2.75) is 6.10 Å². The van der Waals surface area contributed by atoms with Crippen molar-refractivity contribution < 1.29 is 19.4 Å². The van der Waals surface area contributed by atoms with Crippen LogP contribution in [0.15, 0.2) is 18.2 Å². The molecule has 1 rings (SSSR count). The van der Waals surface area contributed by atoms with E-state index in [1.807, 2.05) is 0 Å². The van der Waals surface area contributed by atoms with Crippen LogP contribution in [0.25, 0.3) is 0 Å². The van der Waals surface area contributed by atoms with Gasteiger partial charge in [-0.2, -0.15) is 0 Å². The van der Waals surface area contributed by atoms with Gasteiger partial charge < -0.3 is 15.5 Å². The average molecular weight is 294 g/mol. The molecule has 0 saturated carbocycles. The molecule has 4 nitrogen and oxygen atoms in total. The Kier molecular flexibility index (Phi) is 6.42. The van der Waals surface area contributed by atoms with Gasteiger partial charge in [0.05, 0.1) is 29.2 Å². The summed E-state index contributed by atoms with van der Waals surface area (Å²) in [6.45, 7) is -0.335. The van der Waals surface area contributed by atoms with Gasteiger partial charge in [0, 0.05) is 5.75 Å². The Bertz CT molecular complexity index is 419. The van der Waals surface area contributed by atoms with E-state index in [1.165, 1.54) is 23.9 Å². The van der Waals surface area contributed by atoms with E-state index in [1.54, 1.807) is 0 Å². The Morgan fingerprint density at radius 1 is 1.56 bits per heavy atom. The third kappa shape index (κ3) is 5.22. The van der Waals surface area contributed by atoms with Crippen LogP contribution in [0.5, 0.6) is 0 Å². The number of aliphatic hydroxyl groups is 2. The second kappa shape index (κ2) is 7.58. The molecule has 1 atom stereocenters. The summed E-state index contributed by atoms with van der Waals surface area (Å²) in [5, 5.41) is 20.3. The van der Waals surface area contributed by atoms with Gasteiger partial charge >= 0.3 is 0 Å². The third-order valence-corrected chi connectivity index (χ3v) is 3.36. The molecule has 0 fully saturated rings. The van der Waals surface area contributed by atoms with Gasteiger partial charge in [-0.25, -0.2) is 4.39 Å². The van der Waals surface area contributed by atoms with Gasteiger partial charge in [0.1, 0.15) is 5.82 Å². The molecule has 0 radical (unpaired) electrons. The highest BCUT2D eigenvalue weighted by molar-refractivity contribution is 8.00. The SMILES string of the molecule is O=C(CSCC(O)CO)Nc1ccc(F)cc1Cl. The van der Waals surface area contributed by atoms with Gasteiger partial charge in [-0.15, -0.1) is 11.8 Å². The second-order valence-electron chi connectivity index (χ2n) is 3.52. The summed E-state index contributed by atoms with van der Waals surface area (Å²) in [6, 6.07) is 3.69.